The number of anilines is 1. The highest BCUT2D eigenvalue weighted by atomic mass is 32.2. The number of aliphatic hydroxyl groups is 1. The first kappa shape index (κ1) is 14.6. The van der Waals surface area contributed by atoms with Gasteiger partial charge in [0.2, 0.25) is 0 Å². The van der Waals surface area contributed by atoms with E-state index in [9.17, 15) is 8.42 Å². The second-order valence-electron chi connectivity index (χ2n) is 5.04. The van der Waals surface area contributed by atoms with E-state index in [0.29, 0.717) is 15.6 Å². The fraction of sp³-hybridized carbons (Fsp3) is 0.333. The van der Waals surface area contributed by atoms with Crippen molar-refractivity contribution in [3.63, 3.8) is 0 Å². The molecule has 1 N–H and O–H groups in total. The van der Waals surface area contributed by atoms with Gasteiger partial charge < -0.3 is 5.11 Å². The van der Waals surface area contributed by atoms with E-state index in [0.717, 1.165) is 41.9 Å². The molecule has 0 saturated carbocycles. The quantitative estimate of drug-likeness (QED) is 0.945. The van der Waals surface area contributed by atoms with Gasteiger partial charge in [0.1, 0.15) is 4.21 Å². The van der Waals surface area contributed by atoms with E-state index in [-0.39, 0.29) is 6.61 Å². The van der Waals surface area contributed by atoms with Gasteiger partial charge in [0.15, 0.2) is 0 Å². The summed E-state index contributed by atoms with van der Waals surface area (Å²) in [4.78, 5) is 0.664. The van der Waals surface area contributed by atoms with Crippen molar-refractivity contribution in [3.8, 4) is 0 Å². The van der Waals surface area contributed by atoms with Gasteiger partial charge in [-0.25, -0.2) is 8.42 Å². The van der Waals surface area contributed by atoms with Crippen LogP contribution in [0.4, 0.5) is 5.69 Å². The van der Waals surface area contributed by atoms with E-state index < -0.39 is 10.0 Å². The predicted molar refractivity (Wildman–Crippen MR) is 84.2 cm³/mol. The second kappa shape index (κ2) is 5.79. The number of hydrogen-bond acceptors (Lipinski definition) is 4. The maximum atomic E-state index is 12.9. The first-order valence-electron chi connectivity index (χ1n) is 6.93. The average molecular weight is 323 g/mol. The number of benzene rings is 1. The van der Waals surface area contributed by atoms with Crippen LogP contribution in [0.1, 0.15) is 23.3 Å². The fourth-order valence-corrected chi connectivity index (χ4v) is 5.47. The Hall–Kier alpha value is -1.37. The van der Waals surface area contributed by atoms with Gasteiger partial charge in [-0.1, -0.05) is 18.2 Å². The highest BCUT2D eigenvalue weighted by Crippen LogP contribution is 2.33. The lowest BCUT2D eigenvalue weighted by Crippen LogP contribution is -2.31. The van der Waals surface area contributed by atoms with Gasteiger partial charge in [-0.2, -0.15) is 0 Å². The number of sulfonamides is 1. The van der Waals surface area contributed by atoms with E-state index in [1.54, 1.807) is 12.1 Å². The third-order valence-corrected chi connectivity index (χ3v) is 7.01. The first-order chi connectivity index (χ1) is 10.1. The maximum absolute atomic E-state index is 12.9. The van der Waals surface area contributed by atoms with Crippen molar-refractivity contribution in [2.24, 2.45) is 0 Å². The molecule has 4 nitrogen and oxygen atoms in total. The van der Waals surface area contributed by atoms with Crippen molar-refractivity contribution in [3.05, 3.63) is 46.8 Å². The molecule has 0 aliphatic carbocycles. The Bertz CT molecular complexity index is 737. The summed E-state index contributed by atoms with van der Waals surface area (Å²) in [7, 11) is -3.55. The molecule has 112 valence electrons. The average Bonchev–Trinajstić information content (AvgIpc) is 2.87. The molecule has 1 aliphatic rings. The van der Waals surface area contributed by atoms with E-state index in [4.69, 9.17) is 5.11 Å². The van der Waals surface area contributed by atoms with E-state index in [2.05, 4.69) is 0 Å². The summed E-state index contributed by atoms with van der Waals surface area (Å²) in [6.07, 6.45) is 2.76. The van der Waals surface area contributed by atoms with Crippen LogP contribution in [0.2, 0.25) is 0 Å². The molecule has 0 saturated heterocycles. The molecular formula is C15H17NO3S2. The minimum absolute atomic E-state index is 0.128. The lowest BCUT2D eigenvalue weighted by Gasteiger charge is -2.23. The predicted octanol–water partition coefficient (Wildman–Crippen LogP) is 2.77. The zero-order valence-electron chi connectivity index (χ0n) is 11.5. The summed E-state index contributed by atoms with van der Waals surface area (Å²) in [5.41, 5.74) is 1.87. The highest BCUT2D eigenvalue weighted by Gasteiger charge is 2.29. The van der Waals surface area contributed by atoms with Crippen molar-refractivity contribution in [1.29, 1.82) is 0 Å². The van der Waals surface area contributed by atoms with Gasteiger partial charge in [-0.15, -0.1) is 11.3 Å². The van der Waals surface area contributed by atoms with Crippen molar-refractivity contribution < 1.29 is 13.5 Å². The number of rotatable bonds is 3. The van der Waals surface area contributed by atoms with E-state index in [1.807, 2.05) is 24.3 Å². The zero-order chi connectivity index (χ0) is 14.9. The van der Waals surface area contributed by atoms with Crippen LogP contribution >= 0.6 is 11.3 Å². The topological polar surface area (TPSA) is 57.6 Å². The molecular weight excluding hydrogens is 306 g/mol. The van der Waals surface area contributed by atoms with Gasteiger partial charge >= 0.3 is 0 Å². The SMILES string of the molecule is O=S(=O)(c1ccc(CO)s1)N1CCCCc2ccccc21. The molecule has 0 fully saturated rings. The van der Waals surface area contributed by atoms with Crippen LogP contribution < -0.4 is 4.31 Å². The van der Waals surface area contributed by atoms with Crippen LogP contribution in [-0.4, -0.2) is 20.1 Å². The molecule has 0 radical (unpaired) electrons. The van der Waals surface area contributed by atoms with Crippen LogP contribution in [0, 0.1) is 0 Å². The smallest absolute Gasteiger partial charge is 0.273 e. The van der Waals surface area contributed by atoms with Crippen LogP contribution in [0.15, 0.2) is 40.6 Å². The molecule has 0 bridgehead atoms. The zero-order valence-corrected chi connectivity index (χ0v) is 13.2. The largest absolute Gasteiger partial charge is 0.391 e. The Balaban J connectivity index is 2.06. The van der Waals surface area contributed by atoms with E-state index >= 15 is 0 Å². The fourth-order valence-electron chi connectivity index (χ4n) is 2.60. The van der Waals surface area contributed by atoms with Crippen LogP contribution in [0.25, 0.3) is 0 Å². The molecule has 1 aromatic heterocycles. The molecule has 21 heavy (non-hydrogen) atoms. The molecule has 0 atom stereocenters. The summed E-state index contributed by atoms with van der Waals surface area (Å²) >= 11 is 1.14. The third-order valence-electron chi connectivity index (χ3n) is 3.65. The van der Waals surface area contributed by atoms with Gasteiger partial charge in [0.25, 0.3) is 10.0 Å². The molecule has 1 aliphatic heterocycles. The van der Waals surface area contributed by atoms with Gasteiger partial charge in [0.05, 0.1) is 12.3 Å². The lowest BCUT2D eigenvalue weighted by molar-refractivity contribution is 0.285. The highest BCUT2D eigenvalue weighted by molar-refractivity contribution is 7.94. The number of thiophene rings is 1. The maximum Gasteiger partial charge on any atom is 0.273 e. The third kappa shape index (κ3) is 2.71. The molecule has 0 unspecified atom stereocenters. The standard InChI is InChI=1S/C15H17NO3S2/c17-11-13-8-9-15(20-13)21(18,19)16-10-4-3-6-12-5-1-2-7-14(12)16/h1-2,5,7-9,17H,3-4,6,10-11H2. The molecule has 2 aromatic rings. The van der Waals surface area contributed by atoms with E-state index in [1.165, 1.54) is 4.31 Å². The van der Waals surface area contributed by atoms with Gasteiger partial charge in [-0.3, -0.25) is 4.31 Å². The molecule has 1 aromatic carbocycles. The van der Waals surface area contributed by atoms with Crippen molar-refractivity contribution in [2.75, 3.05) is 10.8 Å². The lowest BCUT2D eigenvalue weighted by atomic mass is 10.1. The van der Waals surface area contributed by atoms with Crippen molar-refractivity contribution >= 4 is 27.0 Å². The summed E-state index contributed by atoms with van der Waals surface area (Å²) < 4.78 is 27.6. The number of hydrogen-bond donors (Lipinski definition) is 1. The number of aliphatic hydroxyl groups excluding tert-OH is 1. The number of para-hydroxylation sites is 1. The Morgan fingerprint density at radius 2 is 1.95 bits per heavy atom. The summed E-state index contributed by atoms with van der Waals surface area (Å²) in [5, 5.41) is 9.13. The second-order valence-corrected chi connectivity index (χ2v) is 8.30. The molecule has 3 rings (SSSR count). The Morgan fingerprint density at radius 1 is 1.14 bits per heavy atom. The minimum Gasteiger partial charge on any atom is -0.391 e. The normalized spacial score (nSPS) is 15.6. The Kier molecular flexibility index (Phi) is 4.01. The van der Waals surface area contributed by atoms with Crippen molar-refractivity contribution in [1.82, 2.24) is 0 Å². The number of fused-ring (bicyclic) bond motifs is 1. The summed E-state index contributed by atoms with van der Waals surface area (Å²) in [5.74, 6) is 0. The van der Waals surface area contributed by atoms with Crippen LogP contribution in [-0.2, 0) is 23.1 Å². The Morgan fingerprint density at radius 3 is 2.71 bits per heavy atom. The van der Waals surface area contributed by atoms with Gasteiger partial charge in [0, 0.05) is 11.4 Å². The molecule has 0 amide bonds. The van der Waals surface area contributed by atoms with Crippen LogP contribution in [0.3, 0.4) is 0 Å². The van der Waals surface area contributed by atoms with Crippen molar-refractivity contribution in [2.45, 2.75) is 30.1 Å². The van der Waals surface area contributed by atoms with Gasteiger partial charge in [-0.05, 0) is 43.0 Å². The minimum atomic E-state index is -3.55. The molecule has 6 heteroatoms. The molecule has 0 spiro atoms. The monoisotopic (exact) mass is 323 g/mol. The summed E-state index contributed by atoms with van der Waals surface area (Å²) in [6, 6.07) is 10.9. The van der Waals surface area contributed by atoms with Crippen LogP contribution in [0.5, 0.6) is 0 Å². The Labute approximate surface area is 128 Å². The molecule has 2 heterocycles. The summed E-state index contributed by atoms with van der Waals surface area (Å²) in [6.45, 7) is 0.377. The first-order valence-corrected chi connectivity index (χ1v) is 9.19. The number of aryl methyl sites for hydroxylation is 1. The number of nitrogens with zero attached hydrogens (tertiary/aromatic N) is 1.